The molecular formula is C29H29Cl2N5O2S. The van der Waals surface area contributed by atoms with Crippen molar-refractivity contribution in [1.82, 2.24) is 20.1 Å². The molecule has 0 spiro atoms. The van der Waals surface area contributed by atoms with Crippen LogP contribution in [0.15, 0.2) is 78.5 Å². The van der Waals surface area contributed by atoms with Crippen LogP contribution in [0.5, 0.6) is 0 Å². The van der Waals surface area contributed by atoms with Gasteiger partial charge in [0.05, 0.1) is 22.4 Å². The zero-order chi connectivity index (χ0) is 27.9. The van der Waals surface area contributed by atoms with Gasteiger partial charge in [0, 0.05) is 22.6 Å². The van der Waals surface area contributed by atoms with Gasteiger partial charge in [0.15, 0.2) is 11.0 Å². The van der Waals surface area contributed by atoms with Gasteiger partial charge in [0.1, 0.15) is 0 Å². The van der Waals surface area contributed by atoms with E-state index in [1.807, 2.05) is 47.0 Å². The molecule has 0 saturated carbocycles. The van der Waals surface area contributed by atoms with E-state index in [-0.39, 0.29) is 28.5 Å². The molecule has 1 atom stereocenters. The minimum Gasteiger partial charge on any atom is -0.342 e. The second kappa shape index (κ2) is 13.2. The van der Waals surface area contributed by atoms with Gasteiger partial charge in [-0.25, -0.2) is 0 Å². The van der Waals surface area contributed by atoms with Gasteiger partial charge in [-0.15, -0.1) is 16.8 Å². The topological polar surface area (TPSA) is 88.9 Å². The highest BCUT2D eigenvalue weighted by Gasteiger charge is 2.25. The summed E-state index contributed by atoms with van der Waals surface area (Å²) in [5.41, 5.74) is 1.08. The number of halogens is 2. The Morgan fingerprint density at radius 3 is 2.59 bits per heavy atom. The lowest BCUT2D eigenvalue weighted by Crippen LogP contribution is -2.32. The van der Waals surface area contributed by atoms with Crippen LogP contribution < -0.4 is 10.6 Å². The molecule has 0 aliphatic carbocycles. The Labute approximate surface area is 242 Å². The molecule has 0 aliphatic heterocycles. The first-order valence-corrected chi connectivity index (χ1v) is 14.2. The maximum absolute atomic E-state index is 13.1. The fourth-order valence-electron chi connectivity index (χ4n) is 4.23. The van der Waals surface area contributed by atoms with E-state index in [0.717, 1.165) is 16.5 Å². The predicted molar refractivity (Wildman–Crippen MR) is 160 cm³/mol. The number of rotatable bonds is 11. The Balaban J connectivity index is 1.52. The molecule has 3 aromatic carbocycles. The van der Waals surface area contributed by atoms with Gasteiger partial charge in [0.25, 0.3) is 5.91 Å². The number of thioether (sulfide) groups is 1. The lowest BCUT2D eigenvalue weighted by Gasteiger charge is -2.21. The number of hydrogen-bond acceptors (Lipinski definition) is 5. The molecule has 0 aliphatic rings. The van der Waals surface area contributed by atoms with Crippen molar-refractivity contribution >= 4 is 63.2 Å². The molecule has 0 bridgehead atoms. The zero-order valence-electron chi connectivity index (χ0n) is 21.7. The molecule has 4 aromatic rings. The molecule has 39 heavy (non-hydrogen) atoms. The van der Waals surface area contributed by atoms with Crippen molar-refractivity contribution in [3.05, 3.63) is 94.8 Å². The molecular weight excluding hydrogens is 553 g/mol. The summed E-state index contributed by atoms with van der Waals surface area (Å²) in [6, 6.07) is 18.0. The Hall–Kier alpha value is -3.33. The minimum absolute atomic E-state index is 0.139. The molecule has 10 heteroatoms. The average Bonchev–Trinajstić information content (AvgIpc) is 3.29. The van der Waals surface area contributed by atoms with E-state index < -0.39 is 6.04 Å². The van der Waals surface area contributed by atoms with Gasteiger partial charge in [-0.2, -0.15) is 0 Å². The van der Waals surface area contributed by atoms with E-state index in [0.29, 0.717) is 34.5 Å². The molecule has 2 N–H and O–H groups in total. The summed E-state index contributed by atoms with van der Waals surface area (Å²) in [5.74, 6) is 0.487. The number of allylic oxidation sites excluding steroid dienone is 1. The number of amides is 2. The van der Waals surface area contributed by atoms with Gasteiger partial charge < -0.3 is 15.2 Å². The summed E-state index contributed by atoms with van der Waals surface area (Å²) in [6.07, 6.45) is 2.36. The minimum atomic E-state index is -0.435. The molecule has 1 heterocycles. The third kappa shape index (κ3) is 7.20. The van der Waals surface area contributed by atoms with E-state index in [1.54, 1.807) is 18.2 Å². The van der Waals surface area contributed by atoms with Crippen molar-refractivity contribution in [3.8, 4) is 0 Å². The Kier molecular flexibility index (Phi) is 9.67. The molecule has 1 aromatic heterocycles. The molecule has 2 amide bonds. The average molecular weight is 583 g/mol. The molecule has 0 saturated heterocycles. The Morgan fingerprint density at radius 1 is 1.08 bits per heavy atom. The monoisotopic (exact) mass is 581 g/mol. The molecule has 4 rings (SSSR count). The summed E-state index contributed by atoms with van der Waals surface area (Å²) >= 11 is 13.5. The first kappa shape index (κ1) is 28.7. The quantitative estimate of drug-likeness (QED) is 0.145. The number of carbonyl (C=O) groups is 2. The van der Waals surface area contributed by atoms with Crippen LogP contribution in [0.3, 0.4) is 0 Å². The summed E-state index contributed by atoms with van der Waals surface area (Å²) in [7, 11) is 0. The molecule has 0 unspecified atom stereocenters. The lowest BCUT2D eigenvalue weighted by molar-refractivity contribution is -0.113. The van der Waals surface area contributed by atoms with Gasteiger partial charge in [-0.3, -0.25) is 9.59 Å². The predicted octanol–water partition coefficient (Wildman–Crippen LogP) is 7.17. The number of fused-ring (bicyclic) bond motifs is 1. The summed E-state index contributed by atoms with van der Waals surface area (Å²) < 4.78 is 1.87. The van der Waals surface area contributed by atoms with Crippen LogP contribution in [0.4, 0.5) is 5.69 Å². The number of anilines is 1. The van der Waals surface area contributed by atoms with Crippen LogP contribution in [-0.4, -0.2) is 32.3 Å². The van der Waals surface area contributed by atoms with Crippen molar-refractivity contribution in [1.29, 1.82) is 0 Å². The summed E-state index contributed by atoms with van der Waals surface area (Å²) in [6.45, 7) is 8.41. The highest BCUT2D eigenvalue weighted by Crippen LogP contribution is 2.28. The van der Waals surface area contributed by atoms with Crippen LogP contribution in [0, 0.1) is 5.92 Å². The van der Waals surface area contributed by atoms with Gasteiger partial charge in [0.2, 0.25) is 5.91 Å². The smallest absolute Gasteiger partial charge is 0.253 e. The van der Waals surface area contributed by atoms with E-state index in [4.69, 9.17) is 23.2 Å². The van der Waals surface area contributed by atoms with Crippen molar-refractivity contribution < 1.29 is 9.59 Å². The van der Waals surface area contributed by atoms with Crippen molar-refractivity contribution in [2.45, 2.75) is 38.0 Å². The zero-order valence-corrected chi connectivity index (χ0v) is 24.0. The maximum atomic E-state index is 13.1. The van der Waals surface area contributed by atoms with Crippen LogP contribution in [-0.2, 0) is 11.3 Å². The van der Waals surface area contributed by atoms with E-state index in [1.165, 1.54) is 17.8 Å². The summed E-state index contributed by atoms with van der Waals surface area (Å²) in [5, 5.41) is 18.1. The van der Waals surface area contributed by atoms with E-state index in [9.17, 15) is 9.59 Å². The van der Waals surface area contributed by atoms with Crippen molar-refractivity contribution in [3.63, 3.8) is 0 Å². The lowest BCUT2D eigenvalue weighted by atomic mass is 10.0. The Bertz CT molecular complexity index is 1500. The number of nitrogens with one attached hydrogen (secondary N) is 2. The second-order valence-electron chi connectivity index (χ2n) is 9.38. The highest BCUT2D eigenvalue weighted by molar-refractivity contribution is 7.99. The summed E-state index contributed by atoms with van der Waals surface area (Å²) in [4.78, 5) is 26.0. The SMILES string of the molecule is C=CCn1c(SCC(=O)Nc2cccc3ccccc23)nnc1[C@H](CC(C)C)NC(=O)c1ccc(Cl)cc1Cl. The fourth-order valence-corrected chi connectivity index (χ4v) is 5.48. The normalized spacial score (nSPS) is 11.9. The van der Waals surface area contributed by atoms with Crippen LogP contribution in [0.25, 0.3) is 10.8 Å². The number of benzene rings is 3. The maximum Gasteiger partial charge on any atom is 0.253 e. The number of aromatic nitrogens is 3. The first-order chi connectivity index (χ1) is 18.8. The number of carbonyl (C=O) groups excluding carboxylic acids is 2. The van der Waals surface area contributed by atoms with Gasteiger partial charge >= 0.3 is 0 Å². The van der Waals surface area contributed by atoms with Gasteiger partial charge in [-0.1, -0.05) is 91.3 Å². The standard InChI is InChI=1S/C29H29Cl2N5O2S/c1-4-14-36-27(25(15-18(2)3)33-28(38)22-13-12-20(30)16-23(22)31)34-35-29(36)39-17-26(37)32-24-11-7-9-19-8-5-6-10-21(19)24/h4-13,16,18,25H,1,14-15,17H2,2-3H3,(H,32,37)(H,33,38)/t25-/m0/s1. The highest BCUT2D eigenvalue weighted by atomic mass is 35.5. The molecule has 0 fully saturated rings. The number of hydrogen-bond donors (Lipinski definition) is 2. The number of nitrogens with zero attached hydrogens (tertiary/aromatic N) is 3. The van der Waals surface area contributed by atoms with Crippen LogP contribution >= 0.6 is 35.0 Å². The van der Waals surface area contributed by atoms with E-state index >= 15 is 0 Å². The fraction of sp³-hybridized carbons (Fsp3) is 0.241. The second-order valence-corrected chi connectivity index (χ2v) is 11.2. The molecule has 7 nitrogen and oxygen atoms in total. The first-order valence-electron chi connectivity index (χ1n) is 12.5. The van der Waals surface area contributed by atoms with Crippen LogP contribution in [0.2, 0.25) is 10.0 Å². The van der Waals surface area contributed by atoms with Gasteiger partial charge in [-0.05, 0) is 42.0 Å². The third-order valence-corrected chi connectivity index (χ3v) is 7.47. The van der Waals surface area contributed by atoms with Crippen LogP contribution in [0.1, 0.15) is 42.5 Å². The van der Waals surface area contributed by atoms with E-state index in [2.05, 4.69) is 41.3 Å². The van der Waals surface area contributed by atoms with Crippen molar-refractivity contribution in [2.75, 3.05) is 11.1 Å². The Morgan fingerprint density at radius 2 is 1.85 bits per heavy atom. The molecule has 0 radical (unpaired) electrons. The van der Waals surface area contributed by atoms with Crippen molar-refractivity contribution in [2.24, 2.45) is 5.92 Å². The molecule has 202 valence electrons. The third-order valence-electron chi connectivity index (χ3n) is 5.95. The largest absolute Gasteiger partial charge is 0.342 e.